The Labute approximate surface area is 156 Å². The van der Waals surface area contributed by atoms with E-state index in [2.05, 4.69) is 10.6 Å². The third kappa shape index (κ3) is 3.81. The van der Waals surface area contributed by atoms with E-state index >= 15 is 0 Å². The Morgan fingerprint density at radius 3 is 2.42 bits per heavy atom. The van der Waals surface area contributed by atoms with Crippen molar-refractivity contribution in [3.05, 3.63) is 23.2 Å². The summed E-state index contributed by atoms with van der Waals surface area (Å²) in [7, 11) is -0.959. The van der Waals surface area contributed by atoms with Crippen LogP contribution in [0.2, 0.25) is 5.02 Å². The van der Waals surface area contributed by atoms with Crippen molar-refractivity contribution in [2.24, 2.45) is 0 Å². The molecule has 26 heavy (non-hydrogen) atoms. The molecule has 0 bridgehead atoms. The Hall–Kier alpha value is -2.17. The number of carbonyl (C=O) groups is 3. The van der Waals surface area contributed by atoms with Gasteiger partial charge in [-0.25, -0.2) is 17.5 Å². The highest BCUT2D eigenvalue weighted by Crippen LogP contribution is 2.26. The summed E-state index contributed by atoms with van der Waals surface area (Å²) in [5.41, 5.74) is -1.03. The molecule has 9 nitrogen and oxygen atoms in total. The van der Waals surface area contributed by atoms with Crippen LogP contribution in [0, 0.1) is 0 Å². The SMILES string of the molecule is CN(C)S(=O)(=O)c1ccc(Cl)c(NC(=O)CN2C(=O)NC(C)(C)C2=O)c1. The smallest absolute Gasteiger partial charge is 0.324 e. The minimum absolute atomic E-state index is 0.0571. The average molecular weight is 403 g/mol. The number of imide groups is 1. The summed E-state index contributed by atoms with van der Waals surface area (Å²) in [5.74, 6) is -1.22. The standard InChI is InChI=1S/C15H19ClN4O5S/c1-15(2)13(22)20(14(23)18-15)8-12(21)17-11-7-9(5-6-10(11)16)26(24,25)19(3)4/h5-7H,8H2,1-4H3,(H,17,21)(H,18,23). The summed E-state index contributed by atoms with van der Waals surface area (Å²) < 4.78 is 25.4. The van der Waals surface area contributed by atoms with E-state index in [4.69, 9.17) is 11.6 Å². The molecule has 0 saturated carbocycles. The maximum atomic E-state index is 12.2. The first kappa shape index (κ1) is 20.1. The third-order valence-electron chi connectivity index (χ3n) is 3.74. The van der Waals surface area contributed by atoms with E-state index in [-0.39, 0.29) is 15.6 Å². The Kier molecular flexibility index (Phi) is 5.31. The predicted octanol–water partition coefficient (Wildman–Crippen LogP) is 0.859. The van der Waals surface area contributed by atoms with E-state index in [9.17, 15) is 22.8 Å². The molecule has 4 amide bonds. The van der Waals surface area contributed by atoms with Crippen LogP contribution in [0.5, 0.6) is 0 Å². The molecule has 0 radical (unpaired) electrons. The molecule has 1 aliphatic heterocycles. The van der Waals surface area contributed by atoms with Gasteiger partial charge in [0, 0.05) is 14.1 Å². The van der Waals surface area contributed by atoms with Gasteiger partial charge in [0.25, 0.3) is 5.91 Å². The van der Waals surface area contributed by atoms with E-state index in [0.29, 0.717) is 0 Å². The number of sulfonamides is 1. The van der Waals surface area contributed by atoms with Crippen molar-refractivity contribution in [2.45, 2.75) is 24.3 Å². The first-order chi connectivity index (χ1) is 11.9. The van der Waals surface area contributed by atoms with Crippen molar-refractivity contribution in [3.63, 3.8) is 0 Å². The number of halogens is 1. The highest BCUT2D eigenvalue weighted by Gasteiger charge is 2.44. The molecule has 1 heterocycles. The van der Waals surface area contributed by atoms with Crippen molar-refractivity contribution in [1.29, 1.82) is 0 Å². The fourth-order valence-corrected chi connectivity index (χ4v) is 3.36. The monoisotopic (exact) mass is 402 g/mol. The molecule has 1 fully saturated rings. The lowest BCUT2D eigenvalue weighted by Gasteiger charge is -2.16. The largest absolute Gasteiger partial charge is 0.325 e. The Bertz CT molecular complexity index is 882. The number of urea groups is 1. The molecule has 0 atom stereocenters. The minimum atomic E-state index is -3.71. The number of carbonyl (C=O) groups excluding carboxylic acids is 3. The van der Waals surface area contributed by atoms with Crippen LogP contribution in [0.1, 0.15) is 13.8 Å². The van der Waals surface area contributed by atoms with Gasteiger partial charge in [0.2, 0.25) is 15.9 Å². The van der Waals surface area contributed by atoms with Crippen LogP contribution in [0.3, 0.4) is 0 Å². The molecule has 0 aromatic heterocycles. The highest BCUT2D eigenvalue weighted by atomic mass is 35.5. The second-order valence-corrected chi connectivity index (χ2v) is 8.98. The lowest BCUT2D eigenvalue weighted by atomic mass is 10.1. The lowest BCUT2D eigenvalue weighted by molar-refractivity contribution is -0.132. The lowest BCUT2D eigenvalue weighted by Crippen LogP contribution is -2.41. The molecular weight excluding hydrogens is 384 g/mol. The molecule has 142 valence electrons. The quantitative estimate of drug-likeness (QED) is 0.708. The average Bonchev–Trinajstić information content (AvgIpc) is 2.71. The van der Waals surface area contributed by atoms with Crippen LogP contribution < -0.4 is 10.6 Å². The third-order valence-corrected chi connectivity index (χ3v) is 5.88. The van der Waals surface area contributed by atoms with Gasteiger partial charge in [-0.1, -0.05) is 11.6 Å². The second-order valence-electron chi connectivity index (χ2n) is 6.42. The summed E-state index contributed by atoms with van der Waals surface area (Å²) in [6.07, 6.45) is 0. The molecule has 2 rings (SSSR count). The number of anilines is 1. The van der Waals surface area contributed by atoms with Crippen LogP contribution in [0.15, 0.2) is 23.1 Å². The van der Waals surface area contributed by atoms with E-state index in [1.807, 2.05) is 0 Å². The van der Waals surface area contributed by atoms with Crippen molar-refractivity contribution in [2.75, 3.05) is 26.0 Å². The topological polar surface area (TPSA) is 116 Å². The number of nitrogens with one attached hydrogen (secondary N) is 2. The van der Waals surface area contributed by atoms with Crippen LogP contribution >= 0.6 is 11.6 Å². The molecule has 1 aromatic carbocycles. The van der Waals surface area contributed by atoms with E-state index in [1.165, 1.54) is 46.1 Å². The zero-order valence-electron chi connectivity index (χ0n) is 14.7. The molecular formula is C15H19ClN4O5S. The summed E-state index contributed by atoms with van der Waals surface area (Å²) in [4.78, 5) is 36.9. The van der Waals surface area contributed by atoms with E-state index < -0.39 is 40.0 Å². The molecule has 1 aromatic rings. The highest BCUT2D eigenvalue weighted by molar-refractivity contribution is 7.89. The maximum absolute atomic E-state index is 12.2. The maximum Gasteiger partial charge on any atom is 0.325 e. The van der Waals surface area contributed by atoms with E-state index in [1.54, 1.807) is 0 Å². The molecule has 1 saturated heterocycles. The number of nitrogens with zero attached hydrogens (tertiary/aromatic N) is 2. The number of hydrogen-bond acceptors (Lipinski definition) is 5. The van der Waals surface area contributed by atoms with Crippen LogP contribution in [-0.4, -0.2) is 61.6 Å². The Balaban J connectivity index is 2.20. The molecule has 11 heteroatoms. The summed E-state index contributed by atoms with van der Waals surface area (Å²) in [6.45, 7) is 2.53. The zero-order chi connectivity index (χ0) is 19.9. The van der Waals surface area contributed by atoms with Crippen LogP contribution in [0.4, 0.5) is 10.5 Å². The van der Waals surface area contributed by atoms with Crippen molar-refractivity contribution in [1.82, 2.24) is 14.5 Å². The molecule has 2 N–H and O–H groups in total. The fraction of sp³-hybridized carbons (Fsp3) is 0.400. The fourth-order valence-electron chi connectivity index (χ4n) is 2.27. The summed E-state index contributed by atoms with van der Waals surface area (Å²) in [5, 5.41) is 5.01. The van der Waals surface area contributed by atoms with Gasteiger partial charge in [0.05, 0.1) is 15.6 Å². The number of benzene rings is 1. The minimum Gasteiger partial charge on any atom is -0.324 e. The zero-order valence-corrected chi connectivity index (χ0v) is 16.2. The predicted molar refractivity (Wildman–Crippen MR) is 95.3 cm³/mol. The van der Waals surface area contributed by atoms with Gasteiger partial charge in [0.15, 0.2) is 0 Å². The summed E-state index contributed by atoms with van der Waals surface area (Å²) >= 11 is 6.01. The number of hydrogen-bond donors (Lipinski definition) is 2. The molecule has 0 aliphatic carbocycles. The van der Waals surface area contributed by atoms with Gasteiger partial charge in [-0.15, -0.1) is 0 Å². The molecule has 0 spiro atoms. The molecule has 1 aliphatic rings. The van der Waals surface area contributed by atoms with Gasteiger partial charge in [0.1, 0.15) is 12.1 Å². The van der Waals surface area contributed by atoms with Gasteiger partial charge in [-0.3, -0.25) is 14.5 Å². The number of amides is 4. The van der Waals surface area contributed by atoms with Crippen LogP contribution in [-0.2, 0) is 19.6 Å². The van der Waals surface area contributed by atoms with Gasteiger partial charge < -0.3 is 10.6 Å². The van der Waals surface area contributed by atoms with Crippen molar-refractivity contribution < 1.29 is 22.8 Å². The normalized spacial score (nSPS) is 16.8. The van der Waals surface area contributed by atoms with Gasteiger partial charge in [-0.2, -0.15) is 0 Å². The first-order valence-electron chi connectivity index (χ1n) is 7.52. The van der Waals surface area contributed by atoms with E-state index in [0.717, 1.165) is 9.21 Å². The van der Waals surface area contributed by atoms with Crippen molar-refractivity contribution in [3.8, 4) is 0 Å². The Morgan fingerprint density at radius 2 is 1.92 bits per heavy atom. The van der Waals surface area contributed by atoms with Gasteiger partial charge >= 0.3 is 6.03 Å². The molecule has 0 unspecified atom stereocenters. The summed E-state index contributed by atoms with van der Waals surface area (Å²) in [6, 6.07) is 3.19. The van der Waals surface area contributed by atoms with Gasteiger partial charge in [-0.05, 0) is 32.0 Å². The number of rotatable bonds is 5. The first-order valence-corrected chi connectivity index (χ1v) is 9.34. The van der Waals surface area contributed by atoms with Crippen molar-refractivity contribution >= 4 is 45.2 Å². The van der Waals surface area contributed by atoms with Crippen LogP contribution in [0.25, 0.3) is 0 Å². The second kappa shape index (κ2) is 6.86. The Morgan fingerprint density at radius 1 is 1.31 bits per heavy atom.